The number of methoxy groups -OCH3 is 1. The molecule has 0 aliphatic carbocycles. The van der Waals surface area contributed by atoms with Gasteiger partial charge < -0.3 is 19.4 Å². The van der Waals surface area contributed by atoms with Crippen molar-refractivity contribution in [2.45, 2.75) is 19.1 Å². The van der Waals surface area contributed by atoms with Crippen LogP contribution in [-0.4, -0.2) is 69.7 Å². The van der Waals surface area contributed by atoms with Gasteiger partial charge in [0.1, 0.15) is 5.65 Å². The molecule has 0 bridgehead atoms. The van der Waals surface area contributed by atoms with Crippen molar-refractivity contribution in [3.8, 4) is 11.3 Å². The van der Waals surface area contributed by atoms with Crippen LogP contribution >= 0.6 is 0 Å². The first-order valence-corrected chi connectivity index (χ1v) is 11.9. The molecule has 0 unspecified atom stereocenters. The first kappa shape index (κ1) is 19.5. The van der Waals surface area contributed by atoms with E-state index in [1.54, 1.807) is 13.3 Å². The number of pyridine rings is 2. The molecule has 0 spiro atoms. The monoisotopic (exact) mass is 427 g/mol. The van der Waals surface area contributed by atoms with E-state index in [1.165, 1.54) is 0 Å². The smallest absolute Gasteiger partial charge is 0.164 e. The van der Waals surface area contributed by atoms with Crippen LogP contribution in [0.1, 0.15) is 6.92 Å². The van der Waals surface area contributed by atoms with Crippen LogP contribution in [0.5, 0.6) is 0 Å². The molecule has 0 saturated carbocycles. The maximum Gasteiger partial charge on any atom is 0.164 e. The molecule has 8 nitrogen and oxygen atoms in total. The summed E-state index contributed by atoms with van der Waals surface area (Å²) in [5.41, 5.74) is 3.59. The third-order valence-electron chi connectivity index (χ3n) is 5.72. The molecule has 30 heavy (non-hydrogen) atoms. The first-order chi connectivity index (χ1) is 14.5. The van der Waals surface area contributed by atoms with Crippen molar-refractivity contribution in [1.29, 1.82) is 0 Å². The Kier molecular flexibility index (Phi) is 4.96. The maximum absolute atomic E-state index is 13.0. The van der Waals surface area contributed by atoms with Crippen molar-refractivity contribution >= 4 is 32.3 Å². The van der Waals surface area contributed by atoms with Gasteiger partial charge in [0.25, 0.3) is 0 Å². The molecular weight excluding hydrogens is 402 g/mol. The van der Waals surface area contributed by atoms with E-state index in [9.17, 15) is 4.21 Å². The molecule has 2 aliphatic rings. The number of aromatic nitrogens is 3. The molecule has 0 aromatic carbocycles. The highest BCUT2D eigenvalue weighted by molar-refractivity contribution is 7.95. The average Bonchev–Trinajstić information content (AvgIpc) is 3.21. The van der Waals surface area contributed by atoms with Crippen LogP contribution in [0.2, 0.25) is 0 Å². The molecule has 1 N–H and O–H groups in total. The number of rotatable bonds is 4. The Bertz CT molecular complexity index is 1190. The first-order valence-electron chi connectivity index (χ1n) is 10.1. The minimum Gasteiger partial charge on any atom is -0.379 e. The third kappa shape index (κ3) is 3.57. The molecule has 3 aromatic rings. The predicted octanol–water partition coefficient (Wildman–Crippen LogP) is 2.98. The number of anilines is 1. The number of ether oxygens (including phenoxy) is 2. The van der Waals surface area contributed by atoms with Crippen LogP contribution in [0.3, 0.4) is 0 Å². The van der Waals surface area contributed by atoms with E-state index in [2.05, 4.69) is 32.2 Å². The highest BCUT2D eigenvalue weighted by atomic mass is 32.2. The standard InChI is InChI=1S/C21H25N5O3S/c1-14-11-29-8-7-26(14)15-9-19(17-3-5-22-21-18(17)4-6-23-21)24-20(10-15)25-30(27)12-16(13-30)28-2/h3-6,9-10,14,16H,7-8,11-13H2,1-2H3,(H,22,23)/t14-,16?,30?/m1/s1. The predicted molar refractivity (Wildman–Crippen MR) is 118 cm³/mol. The summed E-state index contributed by atoms with van der Waals surface area (Å²) in [6, 6.07) is 8.21. The number of hydrogen-bond donors (Lipinski definition) is 1. The summed E-state index contributed by atoms with van der Waals surface area (Å²) in [6.07, 6.45) is 3.66. The Balaban J connectivity index is 1.63. The van der Waals surface area contributed by atoms with Gasteiger partial charge in [-0.15, -0.1) is 0 Å². The lowest BCUT2D eigenvalue weighted by Crippen LogP contribution is -2.43. The second kappa shape index (κ2) is 7.64. The van der Waals surface area contributed by atoms with E-state index in [-0.39, 0.29) is 12.1 Å². The van der Waals surface area contributed by atoms with Crippen LogP contribution in [-0.2, 0) is 19.2 Å². The van der Waals surface area contributed by atoms with Crippen LogP contribution in [0, 0.1) is 0 Å². The summed E-state index contributed by atoms with van der Waals surface area (Å²) in [7, 11) is -0.674. The molecule has 5 heterocycles. The molecule has 2 fully saturated rings. The van der Waals surface area contributed by atoms with Gasteiger partial charge in [0, 0.05) is 54.8 Å². The molecule has 0 amide bonds. The number of nitrogens with zero attached hydrogens (tertiary/aromatic N) is 4. The number of hydrogen-bond acceptors (Lipinski definition) is 7. The molecule has 2 aliphatic heterocycles. The van der Waals surface area contributed by atoms with Crippen LogP contribution in [0.15, 0.2) is 41.0 Å². The summed E-state index contributed by atoms with van der Waals surface area (Å²) < 4.78 is 28.5. The minimum atomic E-state index is -2.32. The fraction of sp³-hybridized carbons (Fsp3) is 0.429. The van der Waals surface area contributed by atoms with Gasteiger partial charge in [0.15, 0.2) is 5.82 Å². The van der Waals surface area contributed by atoms with Crippen molar-refractivity contribution in [3.63, 3.8) is 0 Å². The second-order valence-corrected chi connectivity index (χ2v) is 10.2. The number of fused-ring (bicyclic) bond motifs is 1. The Morgan fingerprint density at radius 3 is 3.00 bits per heavy atom. The Labute approximate surface area is 175 Å². The zero-order valence-electron chi connectivity index (χ0n) is 17.1. The fourth-order valence-electron chi connectivity index (χ4n) is 4.06. The van der Waals surface area contributed by atoms with E-state index >= 15 is 0 Å². The van der Waals surface area contributed by atoms with Crippen molar-refractivity contribution < 1.29 is 13.7 Å². The Hall–Kier alpha value is -2.49. The highest BCUT2D eigenvalue weighted by Crippen LogP contribution is 2.33. The van der Waals surface area contributed by atoms with E-state index in [4.69, 9.17) is 14.5 Å². The molecule has 9 heteroatoms. The van der Waals surface area contributed by atoms with Crippen LogP contribution in [0.25, 0.3) is 22.3 Å². The number of H-pyrrole nitrogens is 1. The lowest BCUT2D eigenvalue weighted by atomic mass is 10.1. The second-order valence-electron chi connectivity index (χ2n) is 7.84. The summed E-state index contributed by atoms with van der Waals surface area (Å²) in [5.74, 6) is 1.41. The van der Waals surface area contributed by atoms with Gasteiger partial charge in [-0.2, -0.15) is 4.36 Å². The lowest BCUT2D eigenvalue weighted by molar-refractivity contribution is 0.0989. The molecule has 0 radical (unpaired) electrons. The van der Waals surface area contributed by atoms with Gasteiger partial charge in [-0.3, -0.25) is 0 Å². The topological polar surface area (TPSA) is 92.7 Å². The number of nitrogens with one attached hydrogen (secondary N) is 1. The van der Waals surface area contributed by atoms with Crippen molar-refractivity contribution in [3.05, 3.63) is 36.7 Å². The maximum atomic E-state index is 13.0. The van der Waals surface area contributed by atoms with E-state index < -0.39 is 9.73 Å². The van der Waals surface area contributed by atoms with Crippen LogP contribution < -0.4 is 4.90 Å². The van der Waals surface area contributed by atoms with Gasteiger partial charge in [0.05, 0.1) is 46.2 Å². The molecule has 158 valence electrons. The zero-order valence-corrected chi connectivity index (χ0v) is 17.9. The summed E-state index contributed by atoms with van der Waals surface area (Å²) in [6.45, 7) is 4.29. The number of aromatic amines is 1. The van der Waals surface area contributed by atoms with Gasteiger partial charge in [-0.1, -0.05) is 0 Å². The van der Waals surface area contributed by atoms with Crippen molar-refractivity contribution in [2.24, 2.45) is 4.36 Å². The normalized spacial score (nSPS) is 26.5. The molecule has 2 saturated heterocycles. The van der Waals surface area contributed by atoms with Crippen molar-refractivity contribution in [1.82, 2.24) is 15.0 Å². The SMILES string of the molecule is COC1CS(=O)(=Nc2cc(N3CCOC[C@H]3C)cc(-c3ccnc4[nH]ccc34)n2)C1. The van der Waals surface area contributed by atoms with Gasteiger partial charge in [-0.25, -0.2) is 14.2 Å². The van der Waals surface area contributed by atoms with Gasteiger partial charge >= 0.3 is 0 Å². The number of morpholine rings is 1. The fourth-order valence-corrected chi connectivity index (χ4v) is 5.98. The third-order valence-corrected chi connectivity index (χ3v) is 8.02. The Morgan fingerprint density at radius 2 is 2.20 bits per heavy atom. The Morgan fingerprint density at radius 1 is 1.33 bits per heavy atom. The zero-order chi connectivity index (χ0) is 20.7. The summed E-state index contributed by atoms with van der Waals surface area (Å²) >= 11 is 0. The van der Waals surface area contributed by atoms with E-state index in [0.717, 1.165) is 34.5 Å². The molecular formula is C21H25N5O3S. The summed E-state index contributed by atoms with van der Waals surface area (Å²) in [5, 5.41) is 0.996. The minimum absolute atomic E-state index is 0.0165. The largest absolute Gasteiger partial charge is 0.379 e. The van der Waals surface area contributed by atoms with Gasteiger partial charge in [-0.05, 0) is 25.1 Å². The average molecular weight is 428 g/mol. The van der Waals surface area contributed by atoms with E-state index in [1.807, 2.05) is 24.4 Å². The molecule has 5 rings (SSSR count). The van der Waals surface area contributed by atoms with Crippen molar-refractivity contribution in [2.75, 3.05) is 43.3 Å². The highest BCUT2D eigenvalue weighted by Gasteiger charge is 2.32. The van der Waals surface area contributed by atoms with E-state index in [0.29, 0.717) is 30.5 Å². The van der Waals surface area contributed by atoms with Gasteiger partial charge in [0.2, 0.25) is 0 Å². The molecule has 1 atom stereocenters. The molecule has 3 aromatic heterocycles. The summed E-state index contributed by atoms with van der Waals surface area (Å²) in [4.78, 5) is 14.6. The quantitative estimate of drug-likeness (QED) is 0.688. The lowest BCUT2D eigenvalue weighted by Gasteiger charge is -2.35. The van der Waals surface area contributed by atoms with Crippen LogP contribution in [0.4, 0.5) is 11.5 Å².